The molecule has 2 heterocycles. The van der Waals surface area contributed by atoms with Crippen molar-refractivity contribution in [1.29, 1.82) is 0 Å². The van der Waals surface area contributed by atoms with E-state index in [-0.39, 0.29) is 0 Å². The third-order valence-corrected chi connectivity index (χ3v) is 5.35. The quantitative estimate of drug-likeness (QED) is 0.804. The average molecular weight is 286 g/mol. The lowest BCUT2D eigenvalue weighted by Gasteiger charge is -2.45. The molecule has 2 aliphatic rings. The van der Waals surface area contributed by atoms with Gasteiger partial charge in [0.05, 0.1) is 0 Å². The van der Waals surface area contributed by atoms with Gasteiger partial charge in [-0.05, 0) is 56.3 Å². The Kier molecular flexibility index (Phi) is 4.84. The normalized spacial score (nSPS) is 26.1. The zero-order chi connectivity index (χ0) is 14.7. The van der Waals surface area contributed by atoms with Crippen LogP contribution in [0.2, 0.25) is 0 Å². The second kappa shape index (κ2) is 6.83. The summed E-state index contributed by atoms with van der Waals surface area (Å²) in [5.41, 5.74) is 2.93. The van der Waals surface area contributed by atoms with Crippen molar-refractivity contribution in [2.45, 2.75) is 64.5 Å². The van der Waals surface area contributed by atoms with Gasteiger partial charge in [0.2, 0.25) is 0 Å². The zero-order valence-corrected chi connectivity index (χ0v) is 13.7. The number of anilines is 1. The Labute approximate surface area is 130 Å². The number of piperazine rings is 1. The summed E-state index contributed by atoms with van der Waals surface area (Å²) in [4.78, 5) is 5.40. The molecule has 0 aliphatic carbocycles. The lowest BCUT2D eigenvalue weighted by Crippen LogP contribution is -2.56. The van der Waals surface area contributed by atoms with Gasteiger partial charge in [0.1, 0.15) is 0 Å². The number of fused-ring (bicyclic) bond motifs is 1. The van der Waals surface area contributed by atoms with E-state index in [1.165, 1.54) is 69.4 Å². The van der Waals surface area contributed by atoms with Crippen molar-refractivity contribution in [3.63, 3.8) is 0 Å². The highest BCUT2D eigenvalue weighted by molar-refractivity contribution is 5.49. The summed E-state index contributed by atoms with van der Waals surface area (Å²) in [5, 5.41) is 0. The maximum absolute atomic E-state index is 2.72. The fourth-order valence-corrected chi connectivity index (χ4v) is 3.99. The number of rotatable bonds is 5. The lowest BCUT2D eigenvalue weighted by molar-refractivity contribution is 0.195. The first kappa shape index (κ1) is 14.9. The van der Waals surface area contributed by atoms with Crippen molar-refractivity contribution in [1.82, 2.24) is 4.90 Å². The van der Waals surface area contributed by atoms with Crippen molar-refractivity contribution in [2.24, 2.45) is 0 Å². The standard InChI is InChI=1S/C19H30N2/c1-3-5-7-16-9-11-18(12-10-16)21-15-19-8-6-13-20(19)14-17(21)4-2/h9-12,17,19H,3-8,13-15H2,1-2H3. The number of nitrogens with zero attached hydrogens (tertiary/aromatic N) is 2. The highest BCUT2D eigenvalue weighted by atomic mass is 15.3. The minimum Gasteiger partial charge on any atom is -0.366 e. The molecule has 0 aromatic heterocycles. The number of aryl methyl sites for hydroxylation is 1. The first-order valence-electron chi connectivity index (χ1n) is 8.91. The molecule has 2 unspecified atom stereocenters. The fourth-order valence-electron chi connectivity index (χ4n) is 3.99. The Bertz CT molecular complexity index is 439. The molecule has 0 amide bonds. The van der Waals surface area contributed by atoms with Gasteiger partial charge < -0.3 is 4.90 Å². The average Bonchev–Trinajstić information content (AvgIpc) is 2.99. The molecule has 2 saturated heterocycles. The Morgan fingerprint density at radius 3 is 2.62 bits per heavy atom. The van der Waals surface area contributed by atoms with Crippen molar-refractivity contribution in [3.8, 4) is 0 Å². The van der Waals surface area contributed by atoms with E-state index >= 15 is 0 Å². The fraction of sp³-hybridized carbons (Fsp3) is 0.684. The predicted molar refractivity (Wildman–Crippen MR) is 91.1 cm³/mol. The Morgan fingerprint density at radius 1 is 1.10 bits per heavy atom. The van der Waals surface area contributed by atoms with Crippen LogP contribution >= 0.6 is 0 Å². The molecular weight excluding hydrogens is 256 g/mol. The summed E-state index contributed by atoms with van der Waals surface area (Å²) in [7, 11) is 0. The molecule has 0 bridgehead atoms. The molecule has 2 nitrogen and oxygen atoms in total. The lowest BCUT2D eigenvalue weighted by atomic mass is 10.0. The first-order chi connectivity index (χ1) is 10.3. The first-order valence-corrected chi connectivity index (χ1v) is 8.91. The molecule has 2 atom stereocenters. The molecule has 2 fully saturated rings. The Hall–Kier alpha value is -1.02. The maximum Gasteiger partial charge on any atom is 0.0415 e. The number of hydrogen-bond acceptors (Lipinski definition) is 2. The molecule has 1 aromatic rings. The van der Waals surface area contributed by atoms with Crippen molar-refractivity contribution in [2.75, 3.05) is 24.5 Å². The van der Waals surface area contributed by atoms with Crippen LogP contribution in [0.4, 0.5) is 5.69 Å². The highest BCUT2D eigenvalue weighted by Gasteiger charge is 2.35. The summed E-state index contributed by atoms with van der Waals surface area (Å²) in [6.45, 7) is 8.42. The van der Waals surface area contributed by atoms with Gasteiger partial charge in [0, 0.05) is 30.9 Å². The Balaban J connectivity index is 1.71. The maximum atomic E-state index is 2.72. The summed E-state index contributed by atoms with van der Waals surface area (Å²) in [5.74, 6) is 0. The molecular formula is C19H30N2. The summed E-state index contributed by atoms with van der Waals surface area (Å²) in [6, 6.07) is 10.9. The van der Waals surface area contributed by atoms with Crippen LogP contribution in [0.3, 0.4) is 0 Å². The van der Waals surface area contributed by atoms with Crippen molar-refractivity contribution >= 4 is 5.69 Å². The molecule has 0 spiro atoms. The number of hydrogen-bond donors (Lipinski definition) is 0. The van der Waals surface area contributed by atoms with Crippen LogP contribution in [0, 0.1) is 0 Å². The molecule has 0 radical (unpaired) electrons. The molecule has 3 rings (SSSR count). The van der Waals surface area contributed by atoms with Crippen LogP contribution in [-0.2, 0) is 6.42 Å². The van der Waals surface area contributed by atoms with Gasteiger partial charge in [0.15, 0.2) is 0 Å². The van der Waals surface area contributed by atoms with Crippen molar-refractivity contribution in [3.05, 3.63) is 29.8 Å². The molecule has 21 heavy (non-hydrogen) atoms. The van der Waals surface area contributed by atoms with Gasteiger partial charge in [0.25, 0.3) is 0 Å². The monoisotopic (exact) mass is 286 g/mol. The van der Waals surface area contributed by atoms with Crippen LogP contribution in [0.1, 0.15) is 51.5 Å². The van der Waals surface area contributed by atoms with E-state index in [0.29, 0.717) is 6.04 Å². The molecule has 2 aliphatic heterocycles. The SMILES string of the molecule is CCCCc1ccc(N2CC3CCCN3CC2CC)cc1. The highest BCUT2D eigenvalue weighted by Crippen LogP contribution is 2.30. The second-order valence-corrected chi connectivity index (χ2v) is 6.78. The van der Waals surface area contributed by atoms with E-state index in [0.717, 1.165) is 6.04 Å². The summed E-state index contributed by atoms with van der Waals surface area (Å²) in [6.07, 6.45) is 7.85. The van der Waals surface area contributed by atoms with E-state index < -0.39 is 0 Å². The van der Waals surface area contributed by atoms with Crippen LogP contribution in [0.15, 0.2) is 24.3 Å². The third kappa shape index (κ3) is 3.26. The van der Waals surface area contributed by atoms with E-state index in [4.69, 9.17) is 0 Å². The molecule has 116 valence electrons. The summed E-state index contributed by atoms with van der Waals surface area (Å²) < 4.78 is 0. The van der Waals surface area contributed by atoms with Gasteiger partial charge in [-0.3, -0.25) is 4.90 Å². The largest absolute Gasteiger partial charge is 0.366 e. The third-order valence-electron chi connectivity index (χ3n) is 5.35. The zero-order valence-electron chi connectivity index (χ0n) is 13.7. The minimum atomic E-state index is 0.695. The van der Waals surface area contributed by atoms with Gasteiger partial charge in [-0.25, -0.2) is 0 Å². The summed E-state index contributed by atoms with van der Waals surface area (Å²) >= 11 is 0. The van der Waals surface area contributed by atoms with Crippen LogP contribution in [0.5, 0.6) is 0 Å². The Morgan fingerprint density at radius 2 is 1.90 bits per heavy atom. The van der Waals surface area contributed by atoms with Gasteiger partial charge in [-0.1, -0.05) is 32.4 Å². The molecule has 0 N–H and O–H groups in total. The van der Waals surface area contributed by atoms with Gasteiger partial charge >= 0.3 is 0 Å². The predicted octanol–water partition coefficient (Wildman–Crippen LogP) is 4.09. The molecule has 1 aromatic carbocycles. The van der Waals surface area contributed by atoms with Crippen LogP contribution < -0.4 is 4.90 Å². The molecule has 2 heteroatoms. The molecule has 0 saturated carbocycles. The minimum absolute atomic E-state index is 0.695. The van der Waals surface area contributed by atoms with E-state index in [1.807, 2.05) is 0 Å². The second-order valence-electron chi connectivity index (χ2n) is 6.78. The van der Waals surface area contributed by atoms with Gasteiger partial charge in [-0.15, -0.1) is 0 Å². The van der Waals surface area contributed by atoms with Crippen LogP contribution in [-0.4, -0.2) is 36.6 Å². The van der Waals surface area contributed by atoms with E-state index in [2.05, 4.69) is 47.9 Å². The van der Waals surface area contributed by atoms with Crippen molar-refractivity contribution < 1.29 is 0 Å². The smallest absolute Gasteiger partial charge is 0.0415 e. The number of unbranched alkanes of at least 4 members (excludes halogenated alkanes) is 1. The van der Waals surface area contributed by atoms with Gasteiger partial charge in [-0.2, -0.15) is 0 Å². The van der Waals surface area contributed by atoms with Crippen LogP contribution in [0.25, 0.3) is 0 Å². The number of benzene rings is 1. The van der Waals surface area contributed by atoms with E-state index in [9.17, 15) is 0 Å². The topological polar surface area (TPSA) is 6.48 Å². The van der Waals surface area contributed by atoms with E-state index in [1.54, 1.807) is 0 Å².